The number of nitrogens with zero attached hydrogens (tertiary/aromatic N) is 1. The molecule has 0 aromatic carbocycles. The van der Waals surface area contributed by atoms with Gasteiger partial charge in [-0.3, -0.25) is 14.5 Å². The number of nitrogens with one attached hydrogen (secondary N) is 1. The summed E-state index contributed by atoms with van der Waals surface area (Å²) >= 11 is 0. The molecule has 2 fully saturated rings. The largest absolute Gasteiger partial charge is 0.381 e. The zero-order chi connectivity index (χ0) is 11.4. The highest BCUT2D eigenvalue weighted by Crippen LogP contribution is 2.14. The molecule has 0 aliphatic carbocycles. The quantitative estimate of drug-likeness (QED) is 0.699. The minimum Gasteiger partial charge on any atom is -0.381 e. The highest BCUT2D eigenvalue weighted by molar-refractivity contribution is 5.84. The van der Waals surface area contributed by atoms with Gasteiger partial charge in [0, 0.05) is 25.6 Å². The molecule has 0 aromatic rings. The van der Waals surface area contributed by atoms with E-state index in [0.717, 1.165) is 25.9 Å². The molecule has 0 saturated carbocycles. The van der Waals surface area contributed by atoms with Gasteiger partial charge in [-0.25, -0.2) is 0 Å². The fourth-order valence-corrected chi connectivity index (χ4v) is 2.14. The van der Waals surface area contributed by atoms with E-state index in [9.17, 15) is 9.59 Å². The number of hydrogen-bond donors (Lipinski definition) is 1. The Morgan fingerprint density at radius 2 is 2.44 bits per heavy atom. The first-order valence-corrected chi connectivity index (χ1v) is 5.85. The van der Waals surface area contributed by atoms with Gasteiger partial charge in [-0.05, 0) is 12.8 Å². The van der Waals surface area contributed by atoms with Gasteiger partial charge in [0.1, 0.15) is 0 Å². The molecule has 0 radical (unpaired) electrons. The third-order valence-electron chi connectivity index (χ3n) is 3.10. The first-order chi connectivity index (χ1) is 7.75. The van der Waals surface area contributed by atoms with E-state index in [1.54, 1.807) is 0 Å². The summed E-state index contributed by atoms with van der Waals surface area (Å²) in [6.07, 6.45) is 1.75. The fraction of sp³-hybridized carbons (Fsp3) is 0.818. The molecule has 1 atom stereocenters. The van der Waals surface area contributed by atoms with Crippen molar-refractivity contribution in [2.45, 2.75) is 12.8 Å². The molecule has 2 heterocycles. The second-order valence-corrected chi connectivity index (χ2v) is 4.44. The molecule has 0 aromatic heterocycles. The molecule has 0 spiro atoms. The van der Waals surface area contributed by atoms with E-state index in [4.69, 9.17) is 4.74 Å². The van der Waals surface area contributed by atoms with Crippen molar-refractivity contribution in [1.29, 1.82) is 0 Å². The smallest absolute Gasteiger partial charge is 0.234 e. The second-order valence-electron chi connectivity index (χ2n) is 4.44. The van der Waals surface area contributed by atoms with E-state index in [1.165, 1.54) is 0 Å². The fourth-order valence-electron chi connectivity index (χ4n) is 2.14. The van der Waals surface area contributed by atoms with Crippen LogP contribution < -0.4 is 5.32 Å². The summed E-state index contributed by atoms with van der Waals surface area (Å²) in [4.78, 5) is 25.1. The van der Waals surface area contributed by atoms with Crippen LogP contribution in [0.25, 0.3) is 0 Å². The Balaban J connectivity index is 1.82. The van der Waals surface area contributed by atoms with E-state index >= 15 is 0 Å². The average Bonchev–Trinajstić information content (AvgIpc) is 2.70. The van der Waals surface area contributed by atoms with E-state index in [2.05, 4.69) is 5.32 Å². The molecule has 1 unspecified atom stereocenters. The third kappa shape index (κ3) is 3.02. The van der Waals surface area contributed by atoms with Crippen molar-refractivity contribution in [2.24, 2.45) is 5.92 Å². The number of rotatable bonds is 3. The van der Waals surface area contributed by atoms with Crippen molar-refractivity contribution < 1.29 is 14.3 Å². The lowest BCUT2D eigenvalue weighted by atomic mass is 10.0. The van der Waals surface area contributed by atoms with Gasteiger partial charge in [0.15, 0.2) is 5.78 Å². The first-order valence-electron chi connectivity index (χ1n) is 5.85. The van der Waals surface area contributed by atoms with Crippen LogP contribution in [0.1, 0.15) is 12.8 Å². The zero-order valence-corrected chi connectivity index (χ0v) is 9.41. The predicted molar refractivity (Wildman–Crippen MR) is 58.0 cm³/mol. The number of ketones is 1. The highest BCUT2D eigenvalue weighted by atomic mass is 16.5. The number of amides is 1. The Morgan fingerprint density at radius 1 is 1.56 bits per heavy atom. The molecular weight excluding hydrogens is 208 g/mol. The van der Waals surface area contributed by atoms with Crippen molar-refractivity contribution in [2.75, 3.05) is 39.4 Å². The molecule has 2 aliphatic heterocycles. The van der Waals surface area contributed by atoms with Gasteiger partial charge >= 0.3 is 0 Å². The number of carbonyl (C=O) groups excluding carboxylic acids is 2. The number of carbonyl (C=O) groups is 2. The molecule has 16 heavy (non-hydrogen) atoms. The summed E-state index contributed by atoms with van der Waals surface area (Å²) in [5.41, 5.74) is 0. The maximum absolute atomic E-state index is 11.9. The Bertz CT molecular complexity index is 274. The monoisotopic (exact) mass is 226 g/mol. The summed E-state index contributed by atoms with van der Waals surface area (Å²) in [6, 6.07) is 0. The van der Waals surface area contributed by atoms with Crippen LogP contribution in [-0.2, 0) is 14.3 Å². The molecule has 1 N–H and O–H groups in total. The van der Waals surface area contributed by atoms with Crippen LogP contribution in [0.15, 0.2) is 0 Å². The lowest BCUT2D eigenvalue weighted by Gasteiger charge is -2.18. The van der Waals surface area contributed by atoms with Crippen LogP contribution in [0.4, 0.5) is 0 Å². The Hall–Kier alpha value is -0.940. The Labute approximate surface area is 95.1 Å². The van der Waals surface area contributed by atoms with Gasteiger partial charge in [0.2, 0.25) is 5.91 Å². The minimum absolute atomic E-state index is 0.0213. The van der Waals surface area contributed by atoms with Crippen molar-refractivity contribution in [3.8, 4) is 0 Å². The third-order valence-corrected chi connectivity index (χ3v) is 3.10. The summed E-state index contributed by atoms with van der Waals surface area (Å²) in [5.74, 6) is 0.284. The summed E-state index contributed by atoms with van der Waals surface area (Å²) < 4.78 is 5.19. The maximum atomic E-state index is 11.9. The van der Waals surface area contributed by atoms with Crippen LogP contribution in [0.2, 0.25) is 0 Å². The molecular formula is C11H18N2O3. The zero-order valence-electron chi connectivity index (χ0n) is 9.41. The maximum Gasteiger partial charge on any atom is 0.234 e. The topological polar surface area (TPSA) is 58.6 Å². The molecule has 2 saturated heterocycles. The van der Waals surface area contributed by atoms with Gasteiger partial charge in [-0.1, -0.05) is 0 Å². The van der Waals surface area contributed by atoms with Crippen LogP contribution in [0.3, 0.4) is 0 Å². The highest BCUT2D eigenvalue weighted by Gasteiger charge is 2.26. The predicted octanol–water partition coefficient (Wildman–Crippen LogP) is -0.586. The van der Waals surface area contributed by atoms with Gasteiger partial charge in [-0.2, -0.15) is 0 Å². The molecule has 5 nitrogen and oxygen atoms in total. The van der Waals surface area contributed by atoms with Gasteiger partial charge < -0.3 is 10.1 Å². The van der Waals surface area contributed by atoms with E-state index in [-0.39, 0.29) is 17.6 Å². The first kappa shape index (κ1) is 11.5. The van der Waals surface area contributed by atoms with Crippen LogP contribution in [0.5, 0.6) is 0 Å². The molecule has 2 rings (SSSR count). The molecule has 90 valence electrons. The van der Waals surface area contributed by atoms with Crippen LogP contribution >= 0.6 is 0 Å². The number of hydrogen-bond acceptors (Lipinski definition) is 4. The van der Waals surface area contributed by atoms with E-state index in [1.807, 2.05) is 4.90 Å². The SMILES string of the molecule is O=C1CN(CC(=O)C2CCOC2)CCCN1. The second kappa shape index (κ2) is 5.41. The summed E-state index contributed by atoms with van der Waals surface area (Å²) in [7, 11) is 0. The minimum atomic E-state index is 0.0213. The molecule has 0 bridgehead atoms. The van der Waals surface area contributed by atoms with Crippen LogP contribution in [0, 0.1) is 5.92 Å². The summed E-state index contributed by atoms with van der Waals surface area (Å²) in [5, 5.41) is 2.80. The number of ether oxygens (including phenoxy) is 1. The van der Waals surface area contributed by atoms with Gasteiger partial charge in [0.05, 0.1) is 19.7 Å². The average molecular weight is 226 g/mol. The van der Waals surface area contributed by atoms with Crippen LogP contribution in [-0.4, -0.2) is 56.0 Å². The number of Topliss-reactive ketones (excluding diaryl/α,β-unsaturated/α-hetero) is 1. The molecule has 1 amide bonds. The lowest BCUT2D eigenvalue weighted by molar-refractivity contribution is -0.125. The van der Waals surface area contributed by atoms with Crippen molar-refractivity contribution >= 4 is 11.7 Å². The lowest BCUT2D eigenvalue weighted by Crippen LogP contribution is -2.38. The van der Waals surface area contributed by atoms with Crippen molar-refractivity contribution in [3.05, 3.63) is 0 Å². The Morgan fingerprint density at radius 3 is 3.19 bits per heavy atom. The van der Waals surface area contributed by atoms with Crippen molar-refractivity contribution in [3.63, 3.8) is 0 Å². The molecule has 5 heteroatoms. The van der Waals surface area contributed by atoms with E-state index in [0.29, 0.717) is 26.3 Å². The summed E-state index contributed by atoms with van der Waals surface area (Å²) in [6.45, 7) is 3.52. The van der Waals surface area contributed by atoms with Gasteiger partial charge in [-0.15, -0.1) is 0 Å². The molecule has 2 aliphatic rings. The standard InChI is InChI=1S/C11H18N2O3/c14-10(9-2-5-16-8-9)6-13-4-1-3-12-11(15)7-13/h9H,1-8H2,(H,12,15). The normalized spacial score (nSPS) is 27.5. The van der Waals surface area contributed by atoms with E-state index < -0.39 is 0 Å². The van der Waals surface area contributed by atoms with Crippen molar-refractivity contribution in [1.82, 2.24) is 10.2 Å². The Kier molecular flexibility index (Phi) is 3.90. The van der Waals surface area contributed by atoms with Gasteiger partial charge in [0.25, 0.3) is 0 Å².